The summed E-state index contributed by atoms with van der Waals surface area (Å²) in [6.07, 6.45) is 1.07. The van der Waals surface area contributed by atoms with Gasteiger partial charge < -0.3 is 14.9 Å². The highest BCUT2D eigenvalue weighted by atomic mass is 16.4. The lowest BCUT2D eigenvalue weighted by Crippen LogP contribution is -2.36. The Hall–Kier alpha value is -0.650. The molecule has 0 unspecified atom stereocenters. The molecule has 1 saturated heterocycles. The average molecular weight is 229 g/mol. The number of carboxylic acids is 1. The van der Waals surface area contributed by atoms with Crippen molar-refractivity contribution in [3.8, 4) is 0 Å². The molecule has 5 heteroatoms. The molecule has 1 aliphatic heterocycles. The first kappa shape index (κ1) is 13.4. The monoisotopic (exact) mass is 229 g/mol. The molecule has 16 heavy (non-hydrogen) atoms. The summed E-state index contributed by atoms with van der Waals surface area (Å²) < 4.78 is 0. The summed E-state index contributed by atoms with van der Waals surface area (Å²) >= 11 is 0. The van der Waals surface area contributed by atoms with Gasteiger partial charge in [0.2, 0.25) is 0 Å². The summed E-state index contributed by atoms with van der Waals surface area (Å²) in [5.41, 5.74) is 0. The maximum absolute atomic E-state index is 10.6. The van der Waals surface area contributed by atoms with Crippen molar-refractivity contribution in [2.24, 2.45) is 0 Å². The van der Waals surface area contributed by atoms with Crippen molar-refractivity contribution >= 4 is 5.97 Å². The van der Waals surface area contributed by atoms with Crippen molar-refractivity contribution in [1.29, 1.82) is 0 Å². The molecule has 1 fully saturated rings. The van der Waals surface area contributed by atoms with Gasteiger partial charge >= 0.3 is 5.97 Å². The van der Waals surface area contributed by atoms with Crippen LogP contribution in [0.15, 0.2) is 0 Å². The lowest BCUT2D eigenvalue weighted by Gasteiger charge is -2.22. The van der Waals surface area contributed by atoms with E-state index in [1.54, 1.807) is 0 Å². The molecule has 1 heterocycles. The fraction of sp³-hybridized carbons (Fsp3) is 0.909. The van der Waals surface area contributed by atoms with Gasteiger partial charge in [0.05, 0.1) is 6.54 Å². The summed E-state index contributed by atoms with van der Waals surface area (Å²) in [6.45, 7) is 6.18. The molecule has 0 amide bonds. The van der Waals surface area contributed by atoms with Gasteiger partial charge in [0.15, 0.2) is 0 Å². The Bertz CT molecular complexity index is 221. The Kier molecular flexibility index (Phi) is 5.73. The van der Waals surface area contributed by atoms with Gasteiger partial charge in [-0.2, -0.15) is 0 Å². The Morgan fingerprint density at radius 2 is 1.81 bits per heavy atom. The second kappa shape index (κ2) is 6.83. The van der Waals surface area contributed by atoms with Crippen LogP contribution < -0.4 is 0 Å². The van der Waals surface area contributed by atoms with E-state index < -0.39 is 5.97 Å². The van der Waals surface area contributed by atoms with Gasteiger partial charge in [-0.25, -0.2) is 0 Å². The van der Waals surface area contributed by atoms with Crippen LogP contribution in [-0.4, -0.2) is 85.7 Å². The lowest BCUT2D eigenvalue weighted by atomic mass is 10.3. The third-order valence-corrected chi connectivity index (χ3v) is 2.90. The van der Waals surface area contributed by atoms with Crippen LogP contribution in [0.3, 0.4) is 0 Å². The Labute approximate surface area is 97.6 Å². The third kappa shape index (κ3) is 5.44. The van der Waals surface area contributed by atoms with E-state index in [-0.39, 0.29) is 6.54 Å². The second-order valence-corrected chi connectivity index (χ2v) is 4.67. The zero-order valence-electron chi connectivity index (χ0n) is 10.4. The molecule has 0 radical (unpaired) electrons. The van der Waals surface area contributed by atoms with Crippen LogP contribution in [-0.2, 0) is 4.79 Å². The van der Waals surface area contributed by atoms with Crippen molar-refractivity contribution in [3.63, 3.8) is 0 Å². The smallest absolute Gasteiger partial charge is 0.317 e. The van der Waals surface area contributed by atoms with Crippen molar-refractivity contribution in [2.45, 2.75) is 6.42 Å². The summed E-state index contributed by atoms with van der Waals surface area (Å²) in [5.74, 6) is -0.721. The molecule has 1 rings (SSSR count). The lowest BCUT2D eigenvalue weighted by molar-refractivity contribution is -0.138. The highest BCUT2D eigenvalue weighted by Crippen LogP contribution is 2.02. The van der Waals surface area contributed by atoms with E-state index in [1.165, 1.54) is 0 Å². The number of carboxylic acid groups (broad SMARTS) is 1. The molecule has 0 aromatic carbocycles. The number of nitrogens with zero attached hydrogens (tertiary/aromatic N) is 3. The van der Waals surface area contributed by atoms with Gasteiger partial charge in [-0.05, 0) is 27.1 Å². The number of hydrogen-bond donors (Lipinski definition) is 1. The molecule has 0 aromatic heterocycles. The Morgan fingerprint density at radius 1 is 1.19 bits per heavy atom. The van der Waals surface area contributed by atoms with E-state index in [0.29, 0.717) is 0 Å². The van der Waals surface area contributed by atoms with Crippen LogP contribution in [0.25, 0.3) is 0 Å². The maximum Gasteiger partial charge on any atom is 0.317 e. The number of hydrogen-bond acceptors (Lipinski definition) is 4. The summed E-state index contributed by atoms with van der Waals surface area (Å²) in [4.78, 5) is 17.2. The first-order chi connectivity index (χ1) is 7.58. The van der Waals surface area contributed by atoms with Crippen LogP contribution in [0.2, 0.25) is 0 Å². The predicted molar refractivity (Wildman–Crippen MR) is 63.7 cm³/mol. The zero-order chi connectivity index (χ0) is 12.0. The van der Waals surface area contributed by atoms with E-state index in [4.69, 9.17) is 5.11 Å². The van der Waals surface area contributed by atoms with E-state index >= 15 is 0 Å². The summed E-state index contributed by atoms with van der Waals surface area (Å²) in [7, 11) is 4.16. The Balaban J connectivity index is 2.26. The van der Waals surface area contributed by atoms with Crippen LogP contribution in [0.4, 0.5) is 0 Å². The van der Waals surface area contributed by atoms with Gasteiger partial charge in [0.25, 0.3) is 0 Å². The minimum atomic E-state index is -0.721. The van der Waals surface area contributed by atoms with Crippen molar-refractivity contribution < 1.29 is 9.90 Å². The maximum atomic E-state index is 10.6. The molecule has 1 N–H and O–H groups in total. The number of likely N-dealkylation sites (N-methyl/N-ethyl adjacent to an activating group) is 1. The molecule has 5 nitrogen and oxygen atoms in total. The second-order valence-electron chi connectivity index (χ2n) is 4.67. The predicted octanol–water partition coefficient (Wildman–Crippen LogP) is -0.360. The SMILES string of the molecule is CN(C)CCN1CCCN(CC(=O)O)CC1. The molecular weight excluding hydrogens is 206 g/mol. The minimum absolute atomic E-state index is 0.182. The minimum Gasteiger partial charge on any atom is -0.480 e. The summed E-state index contributed by atoms with van der Waals surface area (Å²) in [5, 5.41) is 8.74. The molecular formula is C11H23N3O2. The van der Waals surface area contributed by atoms with E-state index in [2.05, 4.69) is 23.9 Å². The Morgan fingerprint density at radius 3 is 2.44 bits per heavy atom. The van der Waals surface area contributed by atoms with Gasteiger partial charge in [-0.15, -0.1) is 0 Å². The largest absolute Gasteiger partial charge is 0.480 e. The first-order valence-corrected chi connectivity index (χ1v) is 5.89. The molecule has 0 aromatic rings. The molecule has 1 aliphatic rings. The van der Waals surface area contributed by atoms with Gasteiger partial charge in [0, 0.05) is 32.7 Å². The number of aliphatic carboxylic acids is 1. The molecule has 0 bridgehead atoms. The molecule has 94 valence electrons. The molecule has 0 aliphatic carbocycles. The standard InChI is InChI=1S/C11H23N3O2/c1-12(2)6-7-13-4-3-5-14(9-8-13)10-11(15)16/h3-10H2,1-2H3,(H,15,16). The van der Waals surface area contributed by atoms with Crippen LogP contribution in [0, 0.1) is 0 Å². The van der Waals surface area contributed by atoms with Crippen molar-refractivity contribution in [3.05, 3.63) is 0 Å². The van der Waals surface area contributed by atoms with Crippen LogP contribution in [0.1, 0.15) is 6.42 Å². The fourth-order valence-corrected chi connectivity index (χ4v) is 1.94. The van der Waals surface area contributed by atoms with Gasteiger partial charge in [0.1, 0.15) is 0 Å². The van der Waals surface area contributed by atoms with Crippen LogP contribution >= 0.6 is 0 Å². The molecule has 0 atom stereocenters. The van der Waals surface area contributed by atoms with Gasteiger partial charge in [-0.3, -0.25) is 9.69 Å². The van der Waals surface area contributed by atoms with Gasteiger partial charge in [-0.1, -0.05) is 0 Å². The molecule has 0 spiro atoms. The van der Waals surface area contributed by atoms with Crippen molar-refractivity contribution in [1.82, 2.24) is 14.7 Å². The van der Waals surface area contributed by atoms with Crippen molar-refractivity contribution in [2.75, 3.05) is 59.9 Å². The topological polar surface area (TPSA) is 47.0 Å². The highest BCUT2D eigenvalue weighted by molar-refractivity contribution is 5.69. The summed E-state index contributed by atoms with van der Waals surface area (Å²) in [6, 6.07) is 0. The number of rotatable bonds is 5. The average Bonchev–Trinajstić information content (AvgIpc) is 2.39. The quantitative estimate of drug-likeness (QED) is 0.697. The van der Waals surface area contributed by atoms with Crippen LogP contribution in [0.5, 0.6) is 0 Å². The third-order valence-electron chi connectivity index (χ3n) is 2.90. The van der Waals surface area contributed by atoms with E-state index in [1.807, 2.05) is 4.90 Å². The van der Waals surface area contributed by atoms with E-state index in [0.717, 1.165) is 45.7 Å². The number of carbonyl (C=O) groups is 1. The zero-order valence-corrected chi connectivity index (χ0v) is 10.4. The molecule has 0 saturated carbocycles. The highest BCUT2D eigenvalue weighted by Gasteiger charge is 2.16. The first-order valence-electron chi connectivity index (χ1n) is 5.89. The van der Waals surface area contributed by atoms with E-state index in [9.17, 15) is 4.79 Å². The normalized spacial score (nSPS) is 19.9. The fourth-order valence-electron chi connectivity index (χ4n) is 1.94.